The maximum Gasteiger partial charge on any atom is 0.276 e. The molecule has 3 aromatic heterocycles. The molecule has 6 nitrogen and oxygen atoms in total. The Balaban J connectivity index is 1.80. The summed E-state index contributed by atoms with van der Waals surface area (Å²) in [6.07, 6.45) is 5.10. The number of hydrogen-bond acceptors (Lipinski definition) is 6. The van der Waals surface area contributed by atoms with Gasteiger partial charge < -0.3 is 4.90 Å². The molecule has 3 rings (SSSR count). The number of aromatic nitrogens is 3. The van der Waals surface area contributed by atoms with E-state index >= 15 is 0 Å². The second kappa shape index (κ2) is 6.53. The molecule has 1 amide bonds. The van der Waals surface area contributed by atoms with Crippen LogP contribution in [0, 0.1) is 6.92 Å². The van der Waals surface area contributed by atoms with Crippen molar-refractivity contribution in [2.45, 2.75) is 6.92 Å². The van der Waals surface area contributed by atoms with Gasteiger partial charge in [0.1, 0.15) is 5.69 Å². The molecular formula is C16H15N5OS. The zero-order chi connectivity index (χ0) is 16.2. The van der Waals surface area contributed by atoms with Crippen LogP contribution in [-0.2, 0) is 0 Å². The molecule has 116 valence electrons. The van der Waals surface area contributed by atoms with Crippen LogP contribution in [0.4, 0.5) is 16.5 Å². The molecule has 0 aliphatic rings. The Morgan fingerprint density at radius 2 is 2.13 bits per heavy atom. The lowest BCUT2D eigenvalue weighted by Gasteiger charge is -2.19. The highest BCUT2D eigenvalue weighted by molar-refractivity contribution is 7.13. The van der Waals surface area contributed by atoms with Gasteiger partial charge in [0, 0.05) is 30.5 Å². The first-order valence-electron chi connectivity index (χ1n) is 6.97. The molecule has 3 aromatic rings. The molecule has 23 heavy (non-hydrogen) atoms. The highest BCUT2D eigenvalue weighted by atomic mass is 32.1. The number of aryl methyl sites for hydroxylation is 1. The van der Waals surface area contributed by atoms with Crippen molar-refractivity contribution in [1.82, 2.24) is 15.0 Å². The van der Waals surface area contributed by atoms with Crippen LogP contribution in [0.3, 0.4) is 0 Å². The second-order valence-corrected chi connectivity index (χ2v) is 5.78. The molecule has 0 aliphatic carbocycles. The highest BCUT2D eigenvalue weighted by Gasteiger charge is 2.12. The summed E-state index contributed by atoms with van der Waals surface area (Å²) in [5, 5.41) is 5.21. The normalized spacial score (nSPS) is 10.3. The van der Waals surface area contributed by atoms with Crippen molar-refractivity contribution in [1.29, 1.82) is 0 Å². The molecule has 0 aromatic carbocycles. The summed E-state index contributed by atoms with van der Waals surface area (Å²) in [5.74, 6) is -0.277. The minimum atomic E-state index is -0.277. The Bertz CT molecular complexity index is 818. The van der Waals surface area contributed by atoms with Gasteiger partial charge in [-0.25, -0.2) is 4.98 Å². The van der Waals surface area contributed by atoms with Gasteiger partial charge in [0.25, 0.3) is 5.91 Å². The van der Waals surface area contributed by atoms with E-state index in [0.717, 1.165) is 17.1 Å². The minimum absolute atomic E-state index is 0.277. The number of rotatable bonds is 4. The zero-order valence-electron chi connectivity index (χ0n) is 12.7. The van der Waals surface area contributed by atoms with E-state index in [2.05, 4.69) is 20.3 Å². The predicted octanol–water partition coefficient (Wildman–Crippen LogP) is 3.26. The van der Waals surface area contributed by atoms with Gasteiger partial charge in [-0.15, -0.1) is 11.3 Å². The van der Waals surface area contributed by atoms with Gasteiger partial charge in [0.2, 0.25) is 0 Å². The van der Waals surface area contributed by atoms with E-state index in [9.17, 15) is 4.79 Å². The van der Waals surface area contributed by atoms with Crippen LogP contribution < -0.4 is 10.2 Å². The molecule has 0 aliphatic heterocycles. The van der Waals surface area contributed by atoms with Crippen LogP contribution in [0.5, 0.6) is 0 Å². The van der Waals surface area contributed by atoms with Crippen LogP contribution in [0.15, 0.2) is 48.2 Å². The number of nitrogens with one attached hydrogen (secondary N) is 1. The lowest BCUT2D eigenvalue weighted by molar-refractivity contribution is 0.102. The first kappa shape index (κ1) is 15.1. The molecule has 7 heteroatoms. The third-order valence-corrected chi connectivity index (χ3v) is 4.11. The van der Waals surface area contributed by atoms with Crippen LogP contribution in [0.2, 0.25) is 0 Å². The topological polar surface area (TPSA) is 71.0 Å². The Kier molecular flexibility index (Phi) is 4.29. The largest absolute Gasteiger partial charge is 0.343 e. The lowest BCUT2D eigenvalue weighted by atomic mass is 10.2. The fourth-order valence-corrected chi connectivity index (χ4v) is 2.71. The molecule has 0 saturated carbocycles. The summed E-state index contributed by atoms with van der Waals surface area (Å²) in [4.78, 5) is 26.7. The number of carbonyl (C=O) groups is 1. The van der Waals surface area contributed by atoms with Gasteiger partial charge in [-0.05, 0) is 31.2 Å². The molecule has 0 bridgehead atoms. The number of thiazole rings is 1. The third-order valence-electron chi connectivity index (χ3n) is 3.24. The Labute approximate surface area is 137 Å². The number of carbonyl (C=O) groups excluding carboxylic acids is 1. The fourth-order valence-electron chi connectivity index (χ4n) is 2.03. The number of pyridine rings is 2. The van der Waals surface area contributed by atoms with Gasteiger partial charge in [-0.3, -0.25) is 20.1 Å². The molecule has 0 spiro atoms. The summed E-state index contributed by atoms with van der Waals surface area (Å²) >= 11 is 1.39. The quantitative estimate of drug-likeness (QED) is 0.797. The maximum absolute atomic E-state index is 12.3. The zero-order valence-corrected chi connectivity index (χ0v) is 13.5. The predicted molar refractivity (Wildman–Crippen MR) is 91.3 cm³/mol. The van der Waals surface area contributed by atoms with Gasteiger partial charge in [-0.1, -0.05) is 0 Å². The van der Waals surface area contributed by atoms with E-state index < -0.39 is 0 Å². The van der Waals surface area contributed by atoms with Crippen molar-refractivity contribution in [2.75, 3.05) is 17.3 Å². The standard InChI is InChI=1S/C16H15N5OS/c1-11-10-23-16(19-11)20-15(22)14-8-12(5-7-18-14)21(2)13-4-3-6-17-9-13/h3-10H,1-2H3,(H,19,20,22). The summed E-state index contributed by atoms with van der Waals surface area (Å²) in [6.45, 7) is 1.88. The monoisotopic (exact) mass is 325 g/mol. The van der Waals surface area contributed by atoms with E-state index in [1.165, 1.54) is 11.3 Å². The highest BCUT2D eigenvalue weighted by Crippen LogP contribution is 2.23. The maximum atomic E-state index is 12.3. The first-order chi connectivity index (χ1) is 11.1. The van der Waals surface area contributed by atoms with Crippen molar-refractivity contribution < 1.29 is 4.79 Å². The van der Waals surface area contributed by atoms with E-state index in [1.807, 2.05) is 42.5 Å². The fraction of sp³-hybridized carbons (Fsp3) is 0.125. The Morgan fingerprint density at radius 3 is 2.83 bits per heavy atom. The summed E-state index contributed by atoms with van der Waals surface area (Å²) < 4.78 is 0. The summed E-state index contributed by atoms with van der Waals surface area (Å²) in [7, 11) is 1.91. The van der Waals surface area contributed by atoms with E-state index in [4.69, 9.17) is 0 Å². The average molecular weight is 325 g/mol. The Morgan fingerprint density at radius 1 is 1.26 bits per heavy atom. The van der Waals surface area contributed by atoms with Crippen LogP contribution in [-0.4, -0.2) is 27.9 Å². The van der Waals surface area contributed by atoms with Crippen molar-refractivity contribution in [2.24, 2.45) is 0 Å². The van der Waals surface area contributed by atoms with Crippen molar-refractivity contribution in [3.8, 4) is 0 Å². The summed E-state index contributed by atoms with van der Waals surface area (Å²) in [6, 6.07) is 7.40. The number of anilines is 3. The molecule has 1 N–H and O–H groups in total. The molecule has 0 atom stereocenters. The van der Waals surface area contributed by atoms with Gasteiger partial charge in [0.05, 0.1) is 17.6 Å². The average Bonchev–Trinajstić information content (AvgIpc) is 3.00. The molecule has 0 fully saturated rings. The van der Waals surface area contributed by atoms with E-state index in [-0.39, 0.29) is 5.91 Å². The number of hydrogen-bond donors (Lipinski definition) is 1. The van der Waals surface area contributed by atoms with Gasteiger partial charge >= 0.3 is 0 Å². The van der Waals surface area contributed by atoms with E-state index in [1.54, 1.807) is 24.7 Å². The van der Waals surface area contributed by atoms with Crippen molar-refractivity contribution in [3.05, 3.63) is 59.6 Å². The van der Waals surface area contributed by atoms with E-state index in [0.29, 0.717) is 10.8 Å². The van der Waals surface area contributed by atoms with Crippen LogP contribution >= 0.6 is 11.3 Å². The van der Waals surface area contributed by atoms with Gasteiger partial charge in [0.15, 0.2) is 5.13 Å². The second-order valence-electron chi connectivity index (χ2n) is 4.92. The molecule has 0 radical (unpaired) electrons. The summed E-state index contributed by atoms with van der Waals surface area (Å²) in [5.41, 5.74) is 3.00. The number of amides is 1. The minimum Gasteiger partial charge on any atom is -0.343 e. The smallest absolute Gasteiger partial charge is 0.276 e. The Hall–Kier alpha value is -2.80. The van der Waals surface area contributed by atoms with Crippen LogP contribution in [0.1, 0.15) is 16.2 Å². The first-order valence-corrected chi connectivity index (χ1v) is 7.85. The molecule has 0 saturated heterocycles. The third kappa shape index (κ3) is 3.51. The van der Waals surface area contributed by atoms with Crippen molar-refractivity contribution in [3.63, 3.8) is 0 Å². The SMILES string of the molecule is Cc1csc(NC(=O)c2cc(N(C)c3cccnc3)ccn2)n1. The molecule has 0 unspecified atom stereocenters. The lowest BCUT2D eigenvalue weighted by Crippen LogP contribution is -2.15. The number of nitrogens with zero attached hydrogens (tertiary/aromatic N) is 4. The molecule has 3 heterocycles. The van der Waals surface area contributed by atoms with Gasteiger partial charge in [-0.2, -0.15) is 0 Å². The van der Waals surface area contributed by atoms with Crippen LogP contribution in [0.25, 0.3) is 0 Å². The molecular weight excluding hydrogens is 310 g/mol. The van der Waals surface area contributed by atoms with Crippen molar-refractivity contribution >= 4 is 33.8 Å².